The average Bonchev–Trinajstić information content (AvgIpc) is 2.74. The molecule has 1 saturated heterocycles. The minimum absolute atomic E-state index is 0.0374. The molecule has 4 rings (SSSR count). The molecule has 0 saturated carbocycles. The number of aliphatic carboxylic acids is 1. The van der Waals surface area contributed by atoms with E-state index in [9.17, 15) is 9.90 Å². The number of nitrogens with zero attached hydrogens (tertiary/aromatic N) is 2. The number of aryl methyl sites for hydroxylation is 2. The first-order chi connectivity index (χ1) is 14.0. The SMILES string of the molecule is CCN1CCCC(N2C=C(C(=O)O)c3cc(C)c(C)cc3C2c2ccccc2)C1. The number of hydrogen-bond acceptors (Lipinski definition) is 3. The van der Waals surface area contributed by atoms with E-state index in [4.69, 9.17) is 0 Å². The molecule has 0 aliphatic carbocycles. The van der Waals surface area contributed by atoms with E-state index in [1.54, 1.807) is 0 Å². The van der Waals surface area contributed by atoms with Crippen LogP contribution in [0.25, 0.3) is 5.57 Å². The lowest BCUT2D eigenvalue weighted by molar-refractivity contribution is -0.130. The Hall–Kier alpha value is -2.59. The maximum Gasteiger partial charge on any atom is 0.337 e. The molecule has 2 aromatic carbocycles. The van der Waals surface area contributed by atoms with Crippen molar-refractivity contribution in [3.8, 4) is 0 Å². The molecule has 29 heavy (non-hydrogen) atoms. The molecule has 2 aliphatic heterocycles. The highest BCUT2D eigenvalue weighted by atomic mass is 16.4. The first-order valence-corrected chi connectivity index (χ1v) is 10.6. The topological polar surface area (TPSA) is 43.8 Å². The summed E-state index contributed by atoms with van der Waals surface area (Å²) >= 11 is 0. The average molecular weight is 391 g/mol. The predicted octanol–water partition coefficient (Wildman–Crippen LogP) is 4.62. The van der Waals surface area contributed by atoms with Crippen LogP contribution in [0.1, 0.15) is 53.6 Å². The summed E-state index contributed by atoms with van der Waals surface area (Å²) in [5.74, 6) is -0.853. The van der Waals surface area contributed by atoms with Gasteiger partial charge in [-0.05, 0) is 67.6 Å². The van der Waals surface area contributed by atoms with Gasteiger partial charge in [0, 0.05) is 18.8 Å². The third-order valence-corrected chi connectivity index (χ3v) is 6.52. The van der Waals surface area contributed by atoms with E-state index in [0.717, 1.165) is 49.2 Å². The first-order valence-electron chi connectivity index (χ1n) is 10.6. The Morgan fingerprint density at radius 1 is 1.14 bits per heavy atom. The fourth-order valence-corrected chi connectivity index (χ4v) is 4.79. The number of hydrogen-bond donors (Lipinski definition) is 1. The zero-order valence-electron chi connectivity index (χ0n) is 17.6. The fraction of sp³-hybridized carbons (Fsp3) is 0.400. The largest absolute Gasteiger partial charge is 0.478 e. The second kappa shape index (κ2) is 8.03. The van der Waals surface area contributed by atoms with Gasteiger partial charge >= 0.3 is 5.97 Å². The summed E-state index contributed by atoms with van der Waals surface area (Å²) in [6.07, 6.45) is 4.15. The molecule has 0 bridgehead atoms. The Bertz CT molecular complexity index is 935. The van der Waals surface area contributed by atoms with E-state index in [0.29, 0.717) is 11.6 Å². The highest BCUT2D eigenvalue weighted by molar-refractivity contribution is 6.16. The molecule has 1 N–H and O–H groups in total. The summed E-state index contributed by atoms with van der Waals surface area (Å²) in [5.41, 5.74) is 5.91. The van der Waals surface area contributed by atoms with Crippen LogP contribution in [0.15, 0.2) is 48.7 Å². The van der Waals surface area contributed by atoms with Gasteiger partial charge in [0.05, 0.1) is 11.6 Å². The Morgan fingerprint density at radius 2 is 1.86 bits per heavy atom. The molecule has 0 spiro atoms. The van der Waals surface area contributed by atoms with Gasteiger partial charge in [0.25, 0.3) is 0 Å². The summed E-state index contributed by atoms with van der Waals surface area (Å²) in [6.45, 7) is 9.50. The number of benzene rings is 2. The number of carboxylic acids is 1. The fourth-order valence-electron chi connectivity index (χ4n) is 4.79. The summed E-state index contributed by atoms with van der Waals surface area (Å²) in [6, 6.07) is 15.1. The Balaban J connectivity index is 1.89. The van der Waals surface area contributed by atoms with Crippen LogP contribution in [0.2, 0.25) is 0 Å². The molecule has 2 unspecified atom stereocenters. The van der Waals surface area contributed by atoms with Gasteiger partial charge in [0.15, 0.2) is 0 Å². The predicted molar refractivity (Wildman–Crippen MR) is 117 cm³/mol. The number of likely N-dealkylation sites (tertiary alicyclic amines) is 1. The highest BCUT2D eigenvalue weighted by Crippen LogP contribution is 2.42. The maximum absolute atomic E-state index is 12.2. The van der Waals surface area contributed by atoms with Crippen molar-refractivity contribution in [2.24, 2.45) is 0 Å². The van der Waals surface area contributed by atoms with E-state index < -0.39 is 5.97 Å². The van der Waals surface area contributed by atoms with Gasteiger partial charge in [-0.25, -0.2) is 4.79 Å². The third kappa shape index (κ3) is 3.69. The minimum atomic E-state index is -0.853. The number of piperidine rings is 1. The van der Waals surface area contributed by atoms with Crippen molar-refractivity contribution in [1.82, 2.24) is 9.80 Å². The Morgan fingerprint density at radius 3 is 2.55 bits per heavy atom. The molecule has 0 amide bonds. The van der Waals surface area contributed by atoms with Crippen molar-refractivity contribution in [1.29, 1.82) is 0 Å². The van der Waals surface area contributed by atoms with Crippen molar-refractivity contribution >= 4 is 11.5 Å². The van der Waals surface area contributed by atoms with Crippen LogP contribution < -0.4 is 0 Å². The molecule has 2 aliphatic rings. The monoisotopic (exact) mass is 390 g/mol. The van der Waals surface area contributed by atoms with Crippen LogP contribution in [0.4, 0.5) is 0 Å². The van der Waals surface area contributed by atoms with Crippen LogP contribution in [-0.2, 0) is 4.79 Å². The summed E-state index contributed by atoms with van der Waals surface area (Å²) in [5, 5.41) is 10.0. The van der Waals surface area contributed by atoms with E-state index >= 15 is 0 Å². The molecule has 2 aromatic rings. The van der Waals surface area contributed by atoms with Crippen LogP contribution in [-0.4, -0.2) is 46.6 Å². The molecule has 4 nitrogen and oxygen atoms in total. The molecule has 0 aromatic heterocycles. The van der Waals surface area contributed by atoms with Crippen LogP contribution in [0, 0.1) is 13.8 Å². The van der Waals surface area contributed by atoms with Crippen LogP contribution in [0.5, 0.6) is 0 Å². The zero-order chi connectivity index (χ0) is 20.5. The molecule has 4 heteroatoms. The number of carboxylic acid groups (broad SMARTS) is 1. The molecule has 0 radical (unpaired) electrons. The lowest BCUT2D eigenvalue weighted by atomic mass is 9.83. The maximum atomic E-state index is 12.2. The minimum Gasteiger partial charge on any atom is -0.478 e. The van der Waals surface area contributed by atoms with Crippen molar-refractivity contribution in [2.75, 3.05) is 19.6 Å². The van der Waals surface area contributed by atoms with Gasteiger partial charge in [-0.1, -0.05) is 49.4 Å². The quantitative estimate of drug-likeness (QED) is 0.827. The van der Waals surface area contributed by atoms with Crippen molar-refractivity contribution < 1.29 is 9.90 Å². The summed E-state index contributed by atoms with van der Waals surface area (Å²) in [7, 11) is 0. The normalized spacial score (nSPS) is 22.2. The highest BCUT2D eigenvalue weighted by Gasteiger charge is 2.36. The van der Waals surface area contributed by atoms with E-state index in [2.05, 4.69) is 67.0 Å². The number of likely N-dealkylation sites (N-methyl/N-ethyl adjacent to an activating group) is 1. The number of fused-ring (bicyclic) bond motifs is 1. The van der Waals surface area contributed by atoms with Gasteiger partial charge in [-0.15, -0.1) is 0 Å². The lowest BCUT2D eigenvalue weighted by Gasteiger charge is -2.45. The summed E-state index contributed by atoms with van der Waals surface area (Å²) < 4.78 is 0. The Labute approximate surface area is 173 Å². The van der Waals surface area contributed by atoms with Gasteiger partial charge in [-0.2, -0.15) is 0 Å². The Kier molecular flexibility index (Phi) is 5.46. The van der Waals surface area contributed by atoms with Crippen LogP contribution >= 0.6 is 0 Å². The van der Waals surface area contributed by atoms with Gasteiger partial charge in [0.1, 0.15) is 0 Å². The zero-order valence-corrected chi connectivity index (χ0v) is 17.6. The molecular formula is C25H30N2O2. The first kappa shape index (κ1) is 19.7. The molecule has 1 fully saturated rings. The molecule has 2 atom stereocenters. The lowest BCUT2D eigenvalue weighted by Crippen LogP contribution is -2.48. The van der Waals surface area contributed by atoms with Crippen molar-refractivity contribution in [3.05, 3.63) is 76.5 Å². The smallest absolute Gasteiger partial charge is 0.337 e. The standard InChI is InChI=1S/C25H30N2O2/c1-4-26-12-8-11-20(15-26)27-16-23(25(28)29)21-13-17(2)18(3)14-22(21)24(27)19-9-6-5-7-10-19/h5-7,9-10,13-14,16,20,24H,4,8,11-12,15H2,1-3H3,(H,28,29). The van der Waals surface area contributed by atoms with Crippen molar-refractivity contribution in [2.45, 2.75) is 45.7 Å². The van der Waals surface area contributed by atoms with Gasteiger partial charge in [-0.3, -0.25) is 0 Å². The molecule has 152 valence electrons. The second-order valence-corrected chi connectivity index (χ2v) is 8.32. The third-order valence-electron chi connectivity index (χ3n) is 6.52. The van der Waals surface area contributed by atoms with Crippen molar-refractivity contribution in [3.63, 3.8) is 0 Å². The van der Waals surface area contributed by atoms with Crippen LogP contribution in [0.3, 0.4) is 0 Å². The second-order valence-electron chi connectivity index (χ2n) is 8.32. The van der Waals surface area contributed by atoms with Gasteiger partial charge < -0.3 is 14.9 Å². The number of carbonyl (C=O) groups is 1. The van der Waals surface area contributed by atoms with Gasteiger partial charge in [0.2, 0.25) is 0 Å². The summed E-state index contributed by atoms with van der Waals surface area (Å²) in [4.78, 5) is 17.0. The van der Waals surface area contributed by atoms with E-state index in [1.807, 2.05) is 12.3 Å². The number of rotatable bonds is 4. The van der Waals surface area contributed by atoms with E-state index in [-0.39, 0.29) is 6.04 Å². The molecular weight excluding hydrogens is 360 g/mol. The van der Waals surface area contributed by atoms with E-state index in [1.165, 1.54) is 11.1 Å². The molecule has 2 heterocycles.